The Bertz CT molecular complexity index is 730. The van der Waals surface area contributed by atoms with Crippen LogP contribution in [0.3, 0.4) is 0 Å². The molecule has 0 atom stereocenters. The van der Waals surface area contributed by atoms with E-state index in [1.54, 1.807) is 6.92 Å². The Hall–Kier alpha value is -2.22. The zero-order chi connectivity index (χ0) is 14.2. The molecule has 0 aliphatic rings. The fourth-order valence-corrected chi connectivity index (χ4v) is 2.91. The normalized spacial score (nSPS) is 10.6. The molecule has 0 radical (unpaired) electrons. The van der Waals surface area contributed by atoms with Crippen molar-refractivity contribution in [2.75, 3.05) is 7.11 Å². The lowest BCUT2D eigenvalue weighted by atomic mass is 10.1. The first-order valence-corrected chi connectivity index (χ1v) is 6.08. The summed E-state index contributed by atoms with van der Waals surface area (Å²) in [6.45, 7) is 1.61. The lowest BCUT2D eigenvalue weighted by molar-refractivity contribution is -0.136. The molecule has 2 rings (SSSR count). The molecule has 0 bridgehead atoms. The van der Waals surface area contributed by atoms with Crippen molar-refractivity contribution in [2.45, 2.75) is 13.3 Å². The molecule has 19 heavy (non-hydrogen) atoms. The Morgan fingerprint density at radius 3 is 2.74 bits per heavy atom. The Morgan fingerprint density at radius 2 is 2.16 bits per heavy atom. The number of carboxylic acid groups (broad SMARTS) is 1. The molecule has 8 heteroatoms. The van der Waals surface area contributed by atoms with Crippen LogP contribution in [-0.2, 0) is 16.0 Å². The van der Waals surface area contributed by atoms with Crippen LogP contribution in [0.1, 0.15) is 21.1 Å². The second kappa shape index (κ2) is 4.81. The van der Waals surface area contributed by atoms with Crippen molar-refractivity contribution in [3.63, 3.8) is 0 Å². The van der Waals surface area contributed by atoms with Crippen molar-refractivity contribution in [3.05, 3.63) is 26.6 Å². The summed E-state index contributed by atoms with van der Waals surface area (Å²) < 4.78 is 4.60. The molecule has 2 aromatic rings. The maximum atomic E-state index is 11.9. The van der Waals surface area contributed by atoms with Crippen molar-refractivity contribution in [2.24, 2.45) is 0 Å². The van der Waals surface area contributed by atoms with Gasteiger partial charge >= 0.3 is 11.9 Å². The number of aromatic nitrogens is 2. The van der Waals surface area contributed by atoms with Gasteiger partial charge in [0.25, 0.3) is 5.56 Å². The number of carbonyl (C=O) groups is 2. The van der Waals surface area contributed by atoms with E-state index >= 15 is 0 Å². The van der Waals surface area contributed by atoms with E-state index in [1.807, 2.05) is 0 Å². The molecule has 2 N–H and O–H groups in total. The Morgan fingerprint density at radius 1 is 1.47 bits per heavy atom. The van der Waals surface area contributed by atoms with E-state index in [-0.39, 0.29) is 15.8 Å². The van der Waals surface area contributed by atoms with Gasteiger partial charge < -0.3 is 14.8 Å². The van der Waals surface area contributed by atoms with Gasteiger partial charge in [0.1, 0.15) is 15.5 Å². The third kappa shape index (κ3) is 2.34. The fourth-order valence-electron chi connectivity index (χ4n) is 1.75. The van der Waals surface area contributed by atoms with Crippen molar-refractivity contribution < 1.29 is 19.4 Å². The number of nitrogens with one attached hydrogen (secondary N) is 1. The van der Waals surface area contributed by atoms with Crippen LogP contribution >= 0.6 is 11.3 Å². The number of fused-ring (bicyclic) bond motifs is 1. The molecule has 2 heterocycles. The fraction of sp³-hybridized carbons (Fsp3) is 0.273. The number of aliphatic carboxylic acids is 1. The number of esters is 1. The van der Waals surface area contributed by atoms with Crippen molar-refractivity contribution >= 4 is 33.5 Å². The summed E-state index contributed by atoms with van der Waals surface area (Å²) in [6.07, 6.45) is -0.432. The van der Waals surface area contributed by atoms with E-state index < -0.39 is 23.9 Å². The number of H-pyrrole nitrogens is 1. The van der Waals surface area contributed by atoms with Crippen LogP contribution in [0.15, 0.2) is 4.79 Å². The minimum Gasteiger partial charge on any atom is -0.481 e. The summed E-state index contributed by atoms with van der Waals surface area (Å²) in [5.74, 6) is -1.40. The molecule has 0 spiro atoms. The van der Waals surface area contributed by atoms with Crippen LogP contribution in [0.25, 0.3) is 10.2 Å². The molecular weight excluding hydrogens is 272 g/mol. The van der Waals surface area contributed by atoms with Crippen molar-refractivity contribution in [1.29, 1.82) is 0 Å². The van der Waals surface area contributed by atoms with Gasteiger partial charge in [-0.25, -0.2) is 9.78 Å². The minimum absolute atomic E-state index is 0.100. The highest BCUT2D eigenvalue weighted by molar-refractivity contribution is 7.20. The van der Waals surface area contributed by atoms with Crippen LogP contribution in [-0.4, -0.2) is 34.1 Å². The number of hydrogen-bond acceptors (Lipinski definition) is 6. The number of ether oxygens (including phenoxy) is 1. The number of carboxylic acids is 1. The molecule has 0 saturated heterocycles. The number of hydrogen-bond donors (Lipinski definition) is 2. The van der Waals surface area contributed by atoms with E-state index in [4.69, 9.17) is 5.11 Å². The second-order valence-corrected chi connectivity index (χ2v) is 4.80. The summed E-state index contributed by atoms with van der Waals surface area (Å²) in [6, 6.07) is 0. The zero-order valence-electron chi connectivity index (χ0n) is 10.1. The zero-order valence-corrected chi connectivity index (χ0v) is 11.0. The van der Waals surface area contributed by atoms with Gasteiger partial charge in [0.05, 0.1) is 18.9 Å². The Labute approximate surface area is 110 Å². The van der Waals surface area contributed by atoms with Gasteiger partial charge in [-0.1, -0.05) is 0 Å². The number of carbonyl (C=O) groups excluding carboxylic acids is 1. The van der Waals surface area contributed by atoms with Gasteiger partial charge in [0.2, 0.25) is 0 Å². The molecule has 0 fully saturated rings. The number of methoxy groups -OCH3 is 1. The third-order valence-corrected chi connectivity index (χ3v) is 3.58. The number of aromatic amines is 1. The lowest BCUT2D eigenvalue weighted by Crippen LogP contribution is -2.13. The molecule has 0 aromatic carbocycles. The smallest absolute Gasteiger partial charge is 0.348 e. The van der Waals surface area contributed by atoms with E-state index in [0.717, 1.165) is 11.3 Å². The van der Waals surface area contributed by atoms with Gasteiger partial charge in [0.15, 0.2) is 0 Å². The standard InChI is InChI=1S/C11H10N2O5S/c1-4-12-9(16)7-5(3-6(14)15)8(11(17)18-2)19-10(7)13-4/h3H2,1-2H3,(H,14,15)(H,12,13,16). The highest BCUT2D eigenvalue weighted by atomic mass is 32.1. The van der Waals surface area contributed by atoms with Gasteiger partial charge in [-0.3, -0.25) is 9.59 Å². The maximum Gasteiger partial charge on any atom is 0.348 e. The molecule has 2 aromatic heterocycles. The first-order chi connectivity index (χ1) is 8.93. The molecule has 100 valence electrons. The van der Waals surface area contributed by atoms with E-state index in [0.29, 0.717) is 10.7 Å². The summed E-state index contributed by atoms with van der Waals surface area (Å²) in [5.41, 5.74) is -0.307. The molecule has 0 saturated carbocycles. The van der Waals surface area contributed by atoms with Crippen molar-refractivity contribution in [3.8, 4) is 0 Å². The first kappa shape index (κ1) is 13.2. The monoisotopic (exact) mass is 282 g/mol. The number of nitrogens with zero attached hydrogens (tertiary/aromatic N) is 1. The minimum atomic E-state index is -1.13. The van der Waals surface area contributed by atoms with Crippen LogP contribution < -0.4 is 5.56 Å². The second-order valence-electron chi connectivity index (χ2n) is 3.80. The number of rotatable bonds is 3. The highest BCUT2D eigenvalue weighted by Gasteiger charge is 2.23. The lowest BCUT2D eigenvalue weighted by Gasteiger charge is -1.99. The first-order valence-electron chi connectivity index (χ1n) is 5.26. The number of aryl methyl sites for hydroxylation is 1. The summed E-state index contributed by atoms with van der Waals surface area (Å²) in [7, 11) is 1.19. The van der Waals surface area contributed by atoms with Gasteiger partial charge in [-0.15, -0.1) is 11.3 Å². The van der Waals surface area contributed by atoms with Crippen LogP contribution in [0.2, 0.25) is 0 Å². The molecule has 0 aliphatic heterocycles. The molecule has 0 unspecified atom stereocenters. The summed E-state index contributed by atoms with van der Waals surface area (Å²) >= 11 is 0.958. The van der Waals surface area contributed by atoms with Gasteiger partial charge in [-0.05, 0) is 6.92 Å². The average Bonchev–Trinajstić information content (AvgIpc) is 2.66. The molecule has 7 nitrogen and oxygen atoms in total. The van der Waals surface area contributed by atoms with E-state index in [9.17, 15) is 14.4 Å². The van der Waals surface area contributed by atoms with Crippen LogP contribution in [0.4, 0.5) is 0 Å². The van der Waals surface area contributed by atoms with E-state index in [1.165, 1.54) is 7.11 Å². The molecular formula is C11H10N2O5S. The SMILES string of the molecule is COC(=O)c1sc2nc(C)[nH]c(=O)c2c1CC(=O)O. The Kier molecular flexibility index (Phi) is 3.34. The van der Waals surface area contributed by atoms with Crippen LogP contribution in [0.5, 0.6) is 0 Å². The largest absolute Gasteiger partial charge is 0.481 e. The average molecular weight is 282 g/mol. The maximum absolute atomic E-state index is 11.9. The van der Waals surface area contributed by atoms with Gasteiger partial charge in [0, 0.05) is 5.56 Å². The van der Waals surface area contributed by atoms with E-state index in [2.05, 4.69) is 14.7 Å². The Balaban J connectivity index is 2.81. The topological polar surface area (TPSA) is 109 Å². The summed E-state index contributed by atoms with van der Waals surface area (Å²) in [5, 5.41) is 9.03. The van der Waals surface area contributed by atoms with Crippen molar-refractivity contribution in [1.82, 2.24) is 9.97 Å². The van der Waals surface area contributed by atoms with Crippen LogP contribution in [0, 0.1) is 6.92 Å². The predicted octanol–water partition coefficient (Wildman–Crippen LogP) is 0.707. The highest BCUT2D eigenvalue weighted by Crippen LogP contribution is 2.28. The third-order valence-electron chi connectivity index (χ3n) is 2.48. The predicted molar refractivity (Wildman–Crippen MR) is 67.7 cm³/mol. The quantitative estimate of drug-likeness (QED) is 0.802. The molecule has 0 aliphatic carbocycles. The summed E-state index contributed by atoms with van der Waals surface area (Å²) in [4.78, 5) is 41.4. The number of thiophene rings is 1. The molecule has 0 amide bonds. The van der Waals surface area contributed by atoms with Gasteiger partial charge in [-0.2, -0.15) is 0 Å².